The van der Waals surface area contributed by atoms with Crippen LogP contribution in [0.4, 0.5) is 23.2 Å². The van der Waals surface area contributed by atoms with E-state index in [1.807, 2.05) is 0 Å². The van der Waals surface area contributed by atoms with Crippen LogP contribution in [0.15, 0.2) is 42.2 Å². The smallest absolute Gasteiger partial charge is 0.411 e. The van der Waals surface area contributed by atoms with Gasteiger partial charge < -0.3 is 15.2 Å². The van der Waals surface area contributed by atoms with Gasteiger partial charge in [0.2, 0.25) is 5.95 Å². The van der Waals surface area contributed by atoms with Crippen LogP contribution in [0.1, 0.15) is 29.4 Å². The van der Waals surface area contributed by atoms with Gasteiger partial charge in [-0.25, -0.2) is 9.97 Å². The predicted molar refractivity (Wildman–Crippen MR) is 126 cm³/mol. The number of H-pyrrole nitrogens is 1. The number of hydrogen-bond acceptors (Lipinski definition) is 8. The average Bonchev–Trinajstić information content (AvgIpc) is 3.59. The van der Waals surface area contributed by atoms with E-state index < -0.39 is 30.7 Å². The molecule has 1 saturated carbocycles. The van der Waals surface area contributed by atoms with E-state index in [0.717, 1.165) is 5.56 Å². The first-order valence-electron chi connectivity index (χ1n) is 10.9. The van der Waals surface area contributed by atoms with Gasteiger partial charge in [-0.1, -0.05) is 6.07 Å². The fraction of sp³-hybridized carbons (Fsp3) is 0.273. The molecule has 16 heteroatoms. The van der Waals surface area contributed by atoms with Crippen molar-refractivity contribution in [3.63, 3.8) is 0 Å². The second-order valence-electron chi connectivity index (χ2n) is 7.97. The molecular formula is C22H19F4N7O4S. The van der Waals surface area contributed by atoms with Gasteiger partial charge in [0.1, 0.15) is 23.0 Å². The third kappa shape index (κ3) is 6.57. The van der Waals surface area contributed by atoms with E-state index in [9.17, 15) is 22.4 Å². The van der Waals surface area contributed by atoms with Gasteiger partial charge in [0.15, 0.2) is 0 Å². The van der Waals surface area contributed by atoms with E-state index >= 15 is 0 Å². The Kier molecular flexibility index (Phi) is 8.11. The lowest BCUT2D eigenvalue weighted by molar-refractivity contribution is -0.196. The van der Waals surface area contributed by atoms with Crippen LogP contribution in [0, 0.1) is 5.95 Å². The Hall–Kier alpha value is -4.18. The maximum atomic E-state index is 13.8. The molecule has 0 unspecified atom stereocenters. The number of carbonyl (C=O) groups excluding carboxylic acids is 1. The van der Waals surface area contributed by atoms with Gasteiger partial charge in [-0.15, -0.1) is 11.3 Å². The van der Waals surface area contributed by atoms with Gasteiger partial charge in [-0.2, -0.15) is 27.8 Å². The number of nitrogens with zero attached hydrogens (tertiary/aromatic N) is 5. The minimum Gasteiger partial charge on any atom is -0.483 e. The van der Waals surface area contributed by atoms with Gasteiger partial charge in [-0.3, -0.25) is 19.4 Å². The van der Waals surface area contributed by atoms with E-state index in [0.29, 0.717) is 17.8 Å². The number of hydrogen-bond donors (Lipinski definition) is 3. The maximum Gasteiger partial charge on any atom is 0.411 e. The topological polar surface area (TPSA) is 148 Å². The van der Waals surface area contributed by atoms with E-state index in [4.69, 9.17) is 14.6 Å². The summed E-state index contributed by atoms with van der Waals surface area (Å²) in [7, 11) is 0. The fourth-order valence-corrected chi connectivity index (χ4v) is 4.35. The molecule has 4 aromatic rings. The molecule has 3 N–H and O–H groups in total. The Labute approximate surface area is 215 Å². The predicted octanol–water partition coefficient (Wildman–Crippen LogP) is 4.17. The highest BCUT2D eigenvalue weighted by Gasteiger charge is 2.37. The number of aromatic nitrogens is 6. The standard InChI is InChI=1S/C21H17F4N7O2S.CH2O2/c22-17-3-1-2-14(28-17)18-15(8-32(31-18)12-4-13(5-12)34-10-21(23,24)25)29-19(33)16-9-35-20(30-16)11-6-26-27-7-11;2-1-3/h1-3,6-9,12-13H,4-5,10H2,(H,26,27)(H,29,33);1H,(H,2,3)/t12-,13-;. The van der Waals surface area contributed by atoms with E-state index in [1.165, 1.54) is 28.2 Å². The molecule has 1 fully saturated rings. The first-order valence-corrected chi connectivity index (χ1v) is 11.8. The zero-order chi connectivity index (χ0) is 27.3. The highest BCUT2D eigenvalue weighted by atomic mass is 32.1. The number of amides is 1. The number of anilines is 1. The molecule has 11 nitrogen and oxygen atoms in total. The Morgan fingerprint density at radius 1 is 1.32 bits per heavy atom. The number of nitrogens with one attached hydrogen (secondary N) is 2. The molecule has 1 amide bonds. The lowest BCUT2D eigenvalue weighted by Crippen LogP contribution is -2.36. The summed E-state index contributed by atoms with van der Waals surface area (Å²) >= 11 is 1.27. The normalized spacial score (nSPS) is 16.7. The molecule has 0 radical (unpaired) electrons. The summed E-state index contributed by atoms with van der Waals surface area (Å²) in [5.41, 5.74) is 1.59. The molecule has 5 rings (SSSR count). The van der Waals surface area contributed by atoms with Gasteiger partial charge in [0.05, 0.1) is 29.7 Å². The second kappa shape index (κ2) is 11.5. The number of halogens is 4. The van der Waals surface area contributed by atoms with E-state index in [2.05, 4.69) is 30.6 Å². The quantitative estimate of drug-likeness (QED) is 0.176. The van der Waals surface area contributed by atoms with Crippen molar-refractivity contribution in [2.24, 2.45) is 0 Å². The van der Waals surface area contributed by atoms with Crippen molar-refractivity contribution >= 4 is 29.4 Å². The molecule has 1 aliphatic carbocycles. The van der Waals surface area contributed by atoms with Crippen molar-refractivity contribution in [1.82, 2.24) is 29.9 Å². The maximum absolute atomic E-state index is 13.8. The van der Waals surface area contributed by atoms with Crippen LogP contribution < -0.4 is 5.32 Å². The summed E-state index contributed by atoms with van der Waals surface area (Å²) in [6.45, 7) is -1.56. The molecule has 0 saturated heterocycles. The largest absolute Gasteiger partial charge is 0.483 e. The van der Waals surface area contributed by atoms with Gasteiger partial charge in [-0.05, 0) is 25.0 Å². The third-order valence-electron chi connectivity index (χ3n) is 5.35. The summed E-state index contributed by atoms with van der Waals surface area (Å²) in [4.78, 5) is 29.4. The SMILES string of the molecule is O=C(Nc1cn([C@H]2C[C@H](OCC(F)(F)F)C2)nc1-c1cccc(F)n1)c1csc(-c2cn[nH]c2)n1.O=CO. The number of carboxylic acid groups (broad SMARTS) is 1. The molecule has 4 heterocycles. The van der Waals surface area contributed by atoms with E-state index in [-0.39, 0.29) is 35.3 Å². The Morgan fingerprint density at radius 3 is 2.74 bits per heavy atom. The van der Waals surface area contributed by atoms with Crippen LogP contribution in [0.2, 0.25) is 0 Å². The minimum absolute atomic E-state index is 0.168. The van der Waals surface area contributed by atoms with Crippen molar-refractivity contribution in [2.75, 3.05) is 11.9 Å². The number of carbonyl (C=O) groups is 2. The van der Waals surface area contributed by atoms with Crippen molar-refractivity contribution in [3.8, 4) is 22.0 Å². The highest BCUT2D eigenvalue weighted by molar-refractivity contribution is 7.13. The lowest BCUT2D eigenvalue weighted by Gasteiger charge is -2.35. The Bertz CT molecular complexity index is 1380. The molecular weight excluding hydrogens is 534 g/mol. The fourth-order valence-electron chi connectivity index (χ4n) is 3.57. The first-order chi connectivity index (χ1) is 18.2. The number of pyridine rings is 1. The van der Waals surface area contributed by atoms with Crippen LogP contribution in [-0.4, -0.2) is 66.3 Å². The Balaban J connectivity index is 0.00000107. The lowest BCUT2D eigenvalue weighted by atomic mass is 9.89. The molecule has 4 aromatic heterocycles. The van der Waals surface area contributed by atoms with E-state index in [1.54, 1.807) is 30.0 Å². The Morgan fingerprint density at radius 2 is 2.08 bits per heavy atom. The summed E-state index contributed by atoms with van der Waals surface area (Å²) in [5.74, 6) is -1.23. The average molecular weight is 553 g/mol. The third-order valence-corrected chi connectivity index (χ3v) is 6.24. The molecule has 0 bridgehead atoms. The molecule has 0 aromatic carbocycles. The molecule has 38 heavy (non-hydrogen) atoms. The van der Waals surface area contributed by atoms with Crippen LogP contribution in [0.3, 0.4) is 0 Å². The second-order valence-corrected chi connectivity index (χ2v) is 8.83. The summed E-state index contributed by atoms with van der Waals surface area (Å²) in [6.07, 6.45) is 0.496. The van der Waals surface area contributed by atoms with Gasteiger partial charge >= 0.3 is 6.18 Å². The van der Waals surface area contributed by atoms with Crippen molar-refractivity contribution in [3.05, 3.63) is 53.8 Å². The molecule has 0 aliphatic heterocycles. The molecule has 1 aliphatic rings. The van der Waals surface area contributed by atoms with Gasteiger partial charge in [0.25, 0.3) is 12.4 Å². The number of rotatable bonds is 7. The van der Waals surface area contributed by atoms with Crippen molar-refractivity contribution in [1.29, 1.82) is 0 Å². The van der Waals surface area contributed by atoms with Crippen LogP contribution >= 0.6 is 11.3 Å². The summed E-state index contributed by atoms with van der Waals surface area (Å²) < 4.78 is 57.3. The molecule has 200 valence electrons. The van der Waals surface area contributed by atoms with Crippen molar-refractivity contribution in [2.45, 2.75) is 31.2 Å². The summed E-state index contributed by atoms with van der Waals surface area (Å²) in [5, 5.41) is 22.8. The number of thiazole rings is 1. The first kappa shape index (κ1) is 26.9. The zero-order valence-corrected chi connectivity index (χ0v) is 20.0. The molecule has 0 atom stereocenters. The minimum atomic E-state index is -4.39. The van der Waals surface area contributed by atoms with Gasteiger partial charge in [0, 0.05) is 23.3 Å². The number of ether oxygens (including phenoxy) is 1. The zero-order valence-electron chi connectivity index (χ0n) is 19.2. The van der Waals surface area contributed by atoms with Crippen molar-refractivity contribution < 1.29 is 37.0 Å². The highest BCUT2D eigenvalue weighted by Crippen LogP contribution is 2.37. The van der Waals surface area contributed by atoms with Crippen LogP contribution in [-0.2, 0) is 9.53 Å². The number of aromatic amines is 1. The number of alkyl halides is 3. The molecule has 0 spiro atoms. The summed E-state index contributed by atoms with van der Waals surface area (Å²) in [6, 6.07) is 3.95. The van der Waals surface area contributed by atoms with Crippen LogP contribution in [0.5, 0.6) is 0 Å². The van der Waals surface area contributed by atoms with Crippen LogP contribution in [0.25, 0.3) is 22.0 Å². The monoisotopic (exact) mass is 553 g/mol.